The number of carboxylic acids is 2. The van der Waals surface area contributed by atoms with Crippen molar-refractivity contribution in [2.45, 2.75) is 38.9 Å². The summed E-state index contributed by atoms with van der Waals surface area (Å²) in [5.74, 6) is -1.39. The molecule has 0 saturated heterocycles. The van der Waals surface area contributed by atoms with E-state index < -0.39 is 30.1 Å². The second-order valence-corrected chi connectivity index (χ2v) is 14.2. The summed E-state index contributed by atoms with van der Waals surface area (Å²) < 4.78 is 21.8. The number of phenolic OH excluding ortho intramolecular Hbond substituents is 1. The first-order chi connectivity index (χ1) is 26.1. The summed E-state index contributed by atoms with van der Waals surface area (Å²) in [6.45, 7) is 2.33. The van der Waals surface area contributed by atoms with Gasteiger partial charge in [0, 0.05) is 49.6 Å². The lowest BCUT2D eigenvalue weighted by Gasteiger charge is -2.24. The highest BCUT2D eigenvalue weighted by Gasteiger charge is 2.30. The highest BCUT2D eigenvalue weighted by molar-refractivity contribution is 6.31. The number of benzene rings is 5. The largest absolute Gasteiger partial charge is 0.508 e. The molecule has 288 valence electrons. The van der Waals surface area contributed by atoms with Crippen LogP contribution in [0.1, 0.15) is 41.7 Å². The van der Waals surface area contributed by atoms with Gasteiger partial charge in [0.1, 0.15) is 29.6 Å². The van der Waals surface area contributed by atoms with E-state index in [4.69, 9.17) is 70.5 Å². The standard InChI is InChI=1S/C22H18Cl2O4.C19H18Cl2O6/c23-18-6-8-20(25)16(11-18)10-17-12-19(24)7-9-21(17)27-14-22(26)28-13-15-4-2-1-3-5-15;1-19(2,18(24)25)27-16-6-4-14(21)9-12(16)7-11-8-13(20)3-5-15(11)26-10-17(22)23/h1-9,11-12,25H,10,13-14H2;3-6,8-9H,7,10H2,1-2H3,(H,22,23)(H,24,25). The molecule has 0 bridgehead atoms. The highest BCUT2D eigenvalue weighted by Crippen LogP contribution is 2.33. The van der Waals surface area contributed by atoms with E-state index in [0.717, 1.165) is 11.1 Å². The van der Waals surface area contributed by atoms with E-state index in [0.29, 0.717) is 60.5 Å². The number of hydrogen-bond donors (Lipinski definition) is 3. The molecule has 14 heteroatoms. The third kappa shape index (κ3) is 13.6. The van der Waals surface area contributed by atoms with Crippen molar-refractivity contribution in [3.8, 4) is 23.0 Å². The quantitative estimate of drug-likeness (QED) is 0.0871. The summed E-state index contributed by atoms with van der Waals surface area (Å²) >= 11 is 24.3. The van der Waals surface area contributed by atoms with Crippen LogP contribution in [0.15, 0.2) is 103 Å². The van der Waals surface area contributed by atoms with Gasteiger partial charge in [-0.15, -0.1) is 0 Å². The molecule has 0 aliphatic rings. The molecule has 3 N–H and O–H groups in total. The van der Waals surface area contributed by atoms with Gasteiger partial charge in [-0.25, -0.2) is 14.4 Å². The van der Waals surface area contributed by atoms with Crippen molar-refractivity contribution in [1.29, 1.82) is 0 Å². The van der Waals surface area contributed by atoms with Crippen LogP contribution in [-0.4, -0.2) is 52.0 Å². The minimum Gasteiger partial charge on any atom is -0.508 e. The van der Waals surface area contributed by atoms with Crippen molar-refractivity contribution in [2.24, 2.45) is 0 Å². The van der Waals surface area contributed by atoms with Crippen molar-refractivity contribution < 1.29 is 48.7 Å². The van der Waals surface area contributed by atoms with Gasteiger partial charge in [0.15, 0.2) is 18.8 Å². The van der Waals surface area contributed by atoms with E-state index >= 15 is 0 Å². The molecule has 0 spiro atoms. The van der Waals surface area contributed by atoms with Crippen LogP contribution in [0.25, 0.3) is 0 Å². The third-order valence-corrected chi connectivity index (χ3v) is 8.63. The maximum atomic E-state index is 12.0. The zero-order valence-corrected chi connectivity index (χ0v) is 32.6. The molecule has 0 unspecified atom stereocenters. The number of aliphatic carboxylic acids is 2. The number of esters is 1. The Kier molecular flexibility index (Phi) is 15.5. The fourth-order valence-electron chi connectivity index (χ4n) is 4.92. The zero-order valence-electron chi connectivity index (χ0n) is 29.6. The van der Waals surface area contributed by atoms with Crippen LogP contribution >= 0.6 is 46.4 Å². The summed E-state index contributed by atoms with van der Waals surface area (Å²) in [7, 11) is 0. The molecular weight excluding hydrogens is 794 g/mol. The Morgan fingerprint density at radius 2 is 1.05 bits per heavy atom. The molecule has 0 aromatic heterocycles. The number of phenols is 1. The second kappa shape index (κ2) is 20.0. The fraction of sp³-hybridized carbons (Fsp3) is 0.195. The topological polar surface area (TPSA) is 149 Å². The molecule has 5 aromatic rings. The molecular formula is C41H36Cl4O10. The average molecular weight is 831 g/mol. The number of carboxylic acid groups (broad SMARTS) is 2. The molecule has 5 aromatic carbocycles. The summed E-state index contributed by atoms with van der Waals surface area (Å²) in [6.07, 6.45) is 0.600. The minimum atomic E-state index is -1.44. The van der Waals surface area contributed by atoms with Crippen molar-refractivity contribution in [3.63, 3.8) is 0 Å². The van der Waals surface area contributed by atoms with Gasteiger partial charge in [0.25, 0.3) is 0 Å². The van der Waals surface area contributed by atoms with Crippen molar-refractivity contribution >= 4 is 64.3 Å². The average Bonchev–Trinajstić information content (AvgIpc) is 3.13. The molecule has 55 heavy (non-hydrogen) atoms. The Balaban J connectivity index is 0.000000245. The van der Waals surface area contributed by atoms with Gasteiger partial charge < -0.3 is 34.3 Å². The molecule has 0 aliphatic heterocycles. The van der Waals surface area contributed by atoms with Crippen LogP contribution in [0.4, 0.5) is 0 Å². The maximum Gasteiger partial charge on any atom is 0.347 e. The van der Waals surface area contributed by atoms with Crippen LogP contribution in [0.5, 0.6) is 23.0 Å². The van der Waals surface area contributed by atoms with Crippen LogP contribution < -0.4 is 14.2 Å². The first-order valence-corrected chi connectivity index (χ1v) is 18.0. The predicted octanol–water partition coefficient (Wildman–Crippen LogP) is 9.70. The van der Waals surface area contributed by atoms with E-state index in [2.05, 4.69) is 0 Å². The van der Waals surface area contributed by atoms with Gasteiger partial charge in [-0.1, -0.05) is 76.7 Å². The van der Waals surface area contributed by atoms with Gasteiger partial charge in [0.2, 0.25) is 0 Å². The predicted molar refractivity (Wildman–Crippen MR) is 210 cm³/mol. The van der Waals surface area contributed by atoms with Gasteiger partial charge in [-0.05, 0) is 97.8 Å². The highest BCUT2D eigenvalue weighted by atomic mass is 35.5. The number of carbonyl (C=O) groups is 3. The van der Waals surface area contributed by atoms with E-state index in [1.807, 2.05) is 30.3 Å². The molecule has 0 heterocycles. The SMILES string of the molecule is CC(C)(Oc1ccc(Cl)cc1Cc1cc(Cl)ccc1OCC(=O)O)C(=O)O.O=C(COc1ccc(Cl)cc1Cc1cc(Cl)ccc1O)OCc1ccccc1. The number of aromatic hydroxyl groups is 1. The second-order valence-electron chi connectivity index (χ2n) is 12.4. The number of carbonyl (C=O) groups excluding carboxylic acids is 1. The van der Waals surface area contributed by atoms with Crippen LogP contribution in [0.2, 0.25) is 20.1 Å². The van der Waals surface area contributed by atoms with Crippen LogP contribution in [-0.2, 0) is 38.6 Å². The lowest BCUT2D eigenvalue weighted by Crippen LogP contribution is -2.38. The lowest BCUT2D eigenvalue weighted by atomic mass is 10.0. The van der Waals surface area contributed by atoms with Gasteiger partial charge in [-0.3, -0.25) is 0 Å². The van der Waals surface area contributed by atoms with Gasteiger partial charge in [-0.2, -0.15) is 0 Å². The zero-order chi connectivity index (χ0) is 40.1. The summed E-state index contributed by atoms with van der Waals surface area (Å²) in [5, 5.41) is 30.1. The number of hydrogen-bond acceptors (Lipinski definition) is 8. The summed E-state index contributed by atoms with van der Waals surface area (Å²) in [5.41, 5.74) is 2.04. The molecule has 0 fully saturated rings. The molecule has 0 atom stereocenters. The van der Waals surface area contributed by atoms with Crippen molar-refractivity contribution in [1.82, 2.24) is 0 Å². The van der Waals surface area contributed by atoms with Crippen LogP contribution in [0.3, 0.4) is 0 Å². The molecule has 0 saturated carbocycles. The fourth-order valence-corrected chi connectivity index (χ4v) is 5.70. The van der Waals surface area contributed by atoms with Crippen molar-refractivity contribution in [3.05, 3.63) is 151 Å². The molecule has 0 aliphatic carbocycles. The molecule has 5 rings (SSSR count). The van der Waals surface area contributed by atoms with Crippen molar-refractivity contribution in [2.75, 3.05) is 13.2 Å². The number of halogens is 4. The maximum absolute atomic E-state index is 12.0. The Hall–Kier alpha value is -5.13. The molecule has 10 nitrogen and oxygen atoms in total. The first-order valence-electron chi connectivity index (χ1n) is 16.5. The first kappa shape index (κ1) is 42.6. The van der Waals surface area contributed by atoms with Gasteiger partial charge in [0.05, 0.1) is 0 Å². The summed E-state index contributed by atoms with van der Waals surface area (Å²) in [6, 6.07) is 29.0. The number of ether oxygens (including phenoxy) is 4. The van der Waals surface area contributed by atoms with Crippen LogP contribution in [0, 0.1) is 0 Å². The van der Waals surface area contributed by atoms with E-state index in [1.54, 1.807) is 66.7 Å². The Morgan fingerprint density at radius 1 is 0.600 bits per heavy atom. The lowest BCUT2D eigenvalue weighted by molar-refractivity contribution is -0.152. The molecule has 0 amide bonds. The molecule has 0 radical (unpaired) electrons. The van der Waals surface area contributed by atoms with E-state index in [-0.39, 0.29) is 25.4 Å². The smallest absolute Gasteiger partial charge is 0.347 e. The Morgan fingerprint density at radius 3 is 1.58 bits per heavy atom. The Bertz CT molecular complexity index is 2120. The number of rotatable bonds is 15. The monoisotopic (exact) mass is 828 g/mol. The van der Waals surface area contributed by atoms with Gasteiger partial charge >= 0.3 is 17.9 Å². The third-order valence-electron chi connectivity index (χ3n) is 7.69. The summed E-state index contributed by atoms with van der Waals surface area (Å²) in [4.78, 5) is 34.1. The van der Waals surface area contributed by atoms with E-state index in [9.17, 15) is 24.6 Å². The minimum absolute atomic E-state index is 0.123. The normalized spacial score (nSPS) is 10.8. The Labute approximate surface area is 337 Å². The van der Waals surface area contributed by atoms with E-state index in [1.165, 1.54) is 19.9 Å².